The van der Waals surface area contributed by atoms with Crippen LogP contribution < -0.4 is 4.90 Å². The van der Waals surface area contributed by atoms with Crippen LogP contribution in [0.3, 0.4) is 0 Å². The molecule has 146 valence electrons. The van der Waals surface area contributed by atoms with Gasteiger partial charge in [-0.25, -0.2) is 0 Å². The summed E-state index contributed by atoms with van der Waals surface area (Å²) in [7, 11) is 0. The van der Waals surface area contributed by atoms with Crippen molar-refractivity contribution in [2.45, 2.75) is 18.3 Å². The molecule has 2 aliphatic heterocycles. The summed E-state index contributed by atoms with van der Waals surface area (Å²) in [4.78, 5) is 30.5. The molecule has 2 amide bonds. The number of carbonyl (C=O) groups is 2. The number of thioether (sulfide) groups is 1. The molecule has 0 bridgehead atoms. The predicted molar refractivity (Wildman–Crippen MR) is 118 cm³/mol. The Balaban J connectivity index is 1.57. The molecule has 29 heavy (non-hydrogen) atoms. The average molecular weight is 421 g/mol. The summed E-state index contributed by atoms with van der Waals surface area (Å²) in [5, 5.41) is 1.90. The number of nitrogens with zero attached hydrogens (tertiary/aromatic N) is 2. The maximum Gasteiger partial charge on any atom is 0.268 e. The van der Waals surface area contributed by atoms with Crippen molar-refractivity contribution in [1.82, 2.24) is 4.90 Å². The van der Waals surface area contributed by atoms with Gasteiger partial charge in [0, 0.05) is 17.9 Å². The molecule has 0 N–H and O–H groups in total. The number of carbonyl (C=O) groups excluding carboxylic acids is 2. The summed E-state index contributed by atoms with van der Waals surface area (Å²) in [6.45, 7) is 3.12. The normalized spacial score (nSPS) is 20.5. The lowest BCUT2D eigenvalue weighted by Gasteiger charge is -2.33. The molecule has 0 unspecified atom stereocenters. The minimum atomic E-state index is -0.970. The van der Waals surface area contributed by atoms with Gasteiger partial charge in [0.15, 0.2) is 4.87 Å². The van der Waals surface area contributed by atoms with E-state index in [1.165, 1.54) is 16.9 Å². The highest BCUT2D eigenvalue weighted by molar-refractivity contribution is 8.01. The summed E-state index contributed by atoms with van der Waals surface area (Å²) in [5.41, 5.74) is 4.09. The topological polar surface area (TPSA) is 40.6 Å². The Labute approximate surface area is 178 Å². The molecule has 2 aromatic carbocycles. The first kappa shape index (κ1) is 18.5. The molecule has 0 aliphatic carbocycles. The molecular formula is C23H20N2O2S2. The van der Waals surface area contributed by atoms with Gasteiger partial charge in [-0.05, 0) is 30.0 Å². The van der Waals surface area contributed by atoms with Gasteiger partial charge in [-0.2, -0.15) is 0 Å². The molecule has 0 radical (unpaired) electrons. The van der Waals surface area contributed by atoms with Crippen LogP contribution in [0.1, 0.15) is 26.4 Å². The highest BCUT2D eigenvalue weighted by Gasteiger charge is 2.59. The summed E-state index contributed by atoms with van der Waals surface area (Å²) in [5.74, 6) is 0.660. The molecule has 1 atom stereocenters. The summed E-state index contributed by atoms with van der Waals surface area (Å²) in [6, 6.07) is 19.9. The van der Waals surface area contributed by atoms with Crippen molar-refractivity contribution < 1.29 is 9.59 Å². The highest BCUT2D eigenvalue weighted by atomic mass is 32.2. The predicted octanol–water partition coefficient (Wildman–Crippen LogP) is 4.65. The van der Waals surface area contributed by atoms with E-state index in [9.17, 15) is 9.59 Å². The van der Waals surface area contributed by atoms with Crippen LogP contribution in [-0.2, 0) is 16.2 Å². The molecule has 2 aliphatic rings. The van der Waals surface area contributed by atoms with Gasteiger partial charge in [-0.3, -0.25) is 9.59 Å². The Bertz CT molecular complexity index is 1080. The van der Waals surface area contributed by atoms with Crippen molar-refractivity contribution in [3.8, 4) is 0 Å². The zero-order valence-corrected chi connectivity index (χ0v) is 17.6. The van der Waals surface area contributed by atoms with E-state index in [0.29, 0.717) is 18.0 Å². The van der Waals surface area contributed by atoms with Gasteiger partial charge in [-0.15, -0.1) is 23.1 Å². The Kier molecular flexibility index (Phi) is 4.48. The quantitative estimate of drug-likeness (QED) is 0.620. The maximum atomic E-state index is 13.9. The number of hydrogen-bond acceptors (Lipinski definition) is 4. The molecule has 4 nitrogen and oxygen atoms in total. The van der Waals surface area contributed by atoms with Gasteiger partial charge in [0.2, 0.25) is 0 Å². The number of fused-ring (bicyclic) bond motifs is 2. The van der Waals surface area contributed by atoms with Crippen molar-refractivity contribution in [3.63, 3.8) is 0 Å². The Morgan fingerprint density at radius 3 is 2.62 bits per heavy atom. The standard InChI is InChI=1S/C23H20N2O2S2/c1-16-8-10-17(11-9-16)15-24-19-6-3-2-5-18(19)23(22(24)27)25(12-14-29-23)21(26)20-7-4-13-28-20/h2-11,13H,12,14-15H2,1H3/t23-/m0/s1. The molecule has 5 rings (SSSR count). The third-order valence-corrected chi connectivity index (χ3v) is 7.82. The van der Waals surface area contributed by atoms with E-state index in [2.05, 4.69) is 31.2 Å². The largest absolute Gasteiger partial charge is 0.310 e. The number of thiophene rings is 1. The van der Waals surface area contributed by atoms with Crippen LogP contribution in [0.2, 0.25) is 0 Å². The van der Waals surface area contributed by atoms with Gasteiger partial charge < -0.3 is 9.80 Å². The monoisotopic (exact) mass is 420 g/mol. The zero-order valence-electron chi connectivity index (χ0n) is 16.0. The maximum absolute atomic E-state index is 13.9. The van der Waals surface area contributed by atoms with E-state index in [-0.39, 0.29) is 11.8 Å². The molecule has 1 aromatic heterocycles. The third kappa shape index (κ3) is 2.81. The number of aryl methyl sites for hydroxylation is 1. The smallest absolute Gasteiger partial charge is 0.268 e. The minimum absolute atomic E-state index is 0.0216. The van der Waals surface area contributed by atoms with Crippen LogP contribution in [-0.4, -0.2) is 29.0 Å². The third-order valence-electron chi connectivity index (χ3n) is 5.54. The second kappa shape index (κ2) is 7.04. The molecule has 3 aromatic rings. The summed E-state index contributed by atoms with van der Waals surface area (Å²) >= 11 is 2.99. The number of rotatable bonds is 3. The van der Waals surface area contributed by atoms with Gasteiger partial charge in [0.25, 0.3) is 11.8 Å². The van der Waals surface area contributed by atoms with Crippen LogP contribution in [0.5, 0.6) is 0 Å². The number of amides is 2. The minimum Gasteiger partial charge on any atom is -0.310 e. The van der Waals surface area contributed by atoms with Crippen molar-refractivity contribution in [2.75, 3.05) is 17.2 Å². The number of para-hydroxylation sites is 1. The van der Waals surface area contributed by atoms with E-state index in [1.807, 2.05) is 46.7 Å². The Morgan fingerprint density at radius 1 is 1.07 bits per heavy atom. The van der Waals surface area contributed by atoms with Crippen LogP contribution in [0.15, 0.2) is 66.0 Å². The summed E-state index contributed by atoms with van der Waals surface area (Å²) in [6.07, 6.45) is 0. The van der Waals surface area contributed by atoms with Crippen LogP contribution in [0, 0.1) is 6.92 Å². The van der Waals surface area contributed by atoms with Gasteiger partial charge >= 0.3 is 0 Å². The fourth-order valence-corrected chi connectivity index (χ4v) is 6.27. The second-order valence-electron chi connectivity index (χ2n) is 7.32. The van der Waals surface area contributed by atoms with E-state index < -0.39 is 4.87 Å². The Hall–Kier alpha value is -2.57. The molecule has 1 saturated heterocycles. The molecule has 1 spiro atoms. The van der Waals surface area contributed by atoms with Crippen molar-refractivity contribution >= 4 is 40.6 Å². The highest BCUT2D eigenvalue weighted by Crippen LogP contribution is 2.54. The molecular weight excluding hydrogens is 400 g/mol. The molecule has 1 fully saturated rings. The Morgan fingerprint density at radius 2 is 1.86 bits per heavy atom. The first-order chi connectivity index (χ1) is 14.1. The number of benzene rings is 2. The van der Waals surface area contributed by atoms with Gasteiger partial charge in [0.1, 0.15) is 0 Å². The number of hydrogen-bond donors (Lipinski definition) is 0. The lowest BCUT2D eigenvalue weighted by molar-refractivity contribution is -0.123. The number of anilines is 1. The average Bonchev–Trinajstić information content (AvgIpc) is 3.47. The van der Waals surface area contributed by atoms with Crippen LogP contribution in [0.25, 0.3) is 0 Å². The van der Waals surface area contributed by atoms with Crippen molar-refractivity contribution in [3.05, 3.63) is 87.6 Å². The lowest BCUT2D eigenvalue weighted by atomic mass is 10.1. The zero-order chi connectivity index (χ0) is 20.0. The first-order valence-electron chi connectivity index (χ1n) is 9.58. The molecule has 6 heteroatoms. The first-order valence-corrected chi connectivity index (χ1v) is 11.4. The van der Waals surface area contributed by atoms with E-state index >= 15 is 0 Å². The van der Waals surface area contributed by atoms with Crippen molar-refractivity contribution in [1.29, 1.82) is 0 Å². The fourth-order valence-electron chi connectivity index (χ4n) is 4.13. The lowest BCUT2D eigenvalue weighted by Crippen LogP contribution is -2.50. The van der Waals surface area contributed by atoms with Gasteiger partial charge in [-0.1, -0.05) is 54.1 Å². The van der Waals surface area contributed by atoms with Gasteiger partial charge in [0.05, 0.1) is 17.1 Å². The van der Waals surface area contributed by atoms with Crippen LogP contribution in [0.4, 0.5) is 5.69 Å². The summed E-state index contributed by atoms with van der Waals surface area (Å²) < 4.78 is 0. The second-order valence-corrected chi connectivity index (χ2v) is 9.56. The van der Waals surface area contributed by atoms with E-state index in [4.69, 9.17) is 0 Å². The van der Waals surface area contributed by atoms with Crippen LogP contribution >= 0.6 is 23.1 Å². The van der Waals surface area contributed by atoms with E-state index in [0.717, 1.165) is 22.6 Å². The van der Waals surface area contributed by atoms with Crippen molar-refractivity contribution in [2.24, 2.45) is 0 Å². The molecule has 3 heterocycles. The fraction of sp³-hybridized carbons (Fsp3) is 0.217. The SMILES string of the molecule is Cc1ccc(CN2C(=O)[C@@]3(SCCN3C(=O)c3cccs3)c3ccccc32)cc1. The van der Waals surface area contributed by atoms with E-state index in [1.54, 1.807) is 16.7 Å². The molecule has 0 saturated carbocycles.